The molecule has 23 heavy (non-hydrogen) atoms. The molecule has 0 saturated heterocycles. The third-order valence-corrected chi connectivity index (χ3v) is 2.69. The third kappa shape index (κ3) is 7.38. The normalized spacial score (nSPS) is 10.4. The molecule has 0 radical (unpaired) electrons. The summed E-state index contributed by atoms with van der Waals surface area (Å²) in [6.07, 6.45) is 0.700. The van der Waals surface area contributed by atoms with Crippen LogP contribution >= 0.6 is 0 Å². The number of rotatable bonds is 3. The second kappa shape index (κ2) is 8.25. The van der Waals surface area contributed by atoms with Crippen molar-refractivity contribution in [2.75, 3.05) is 0 Å². The van der Waals surface area contributed by atoms with Crippen LogP contribution in [0.3, 0.4) is 0 Å². The summed E-state index contributed by atoms with van der Waals surface area (Å²) in [5.41, 5.74) is 4.28. The number of carbonyl (C=O) groups excluding carboxylic acids is 1. The zero-order valence-corrected chi connectivity index (χ0v) is 12.7. The molecule has 0 aromatic heterocycles. The van der Waals surface area contributed by atoms with Gasteiger partial charge < -0.3 is 5.11 Å². The van der Waals surface area contributed by atoms with Crippen LogP contribution in [0.15, 0.2) is 48.5 Å². The van der Waals surface area contributed by atoms with E-state index in [-0.39, 0.29) is 11.3 Å². The lowest BCUT2D eigenvalue weighted by atomic mass is 10.0. The van der Waals surface area contributed by atoms with Crippen LogP contribution < -0.4 is 11.3 Å². The van der Waals surface area contributed by atoms with Gasteiger partial charge in [0.25, 0.3) is 5.91 Å². The van der Waals surface area contributed by atoms with Crippen molar-refractivity contribution in [3.63, 3.8) is 0 Å². The number of nitrogen functional groups attached to an aromatic ring is 1. The average Bonchev–Trinajstić information content (AvgIpc) is 2.48. The quantitative estimate of drug-likeness (QED) is 0.241. The number of carbonyl (C=O) groups is 1. The van der Waals surface area contributed by atoms with Gasteiger partial charge in [-0.3, -0.25) is 19.3 Å². The first-order valence-corrected chi connectivity index (χ1v) is 7.67. The van der Waals surface area contributed by atoms with Crippen LogP contribution in [0.1, 0.15) is 21.5 Å². The first-order valence-electron chi connectivity index (χ1n) is 6.27. The number of aromatic hydroxyl groups is 1. The molecular weight excluding hydrogens is 324 g/mol. The van der Waals surface area contributed by atoms with E-state index >= 15 is 0 Å². The van der Waals surface area contributed by atoms with E-state index in [1.54, 1.807) is 12.1 Å². The van der Waals surface area contributed by atoms with Crippen molar-refractivity contribution in [2.24, 2.45) is 5.84 Å². The Morgan fingerprint density at radius 3 is 2.13 bits per heavy atom. The van der Waals surface area contributed by atoms with Gasteiger partial charge >= 0.3 is 10.4 Å². The Morgan fingerprint density at radius 1 is 1.04 bits per heavy atom. The maximum atomic E-state index is 11.4. The van der Waals surface area contributed by atoms with E-state index in [1.165, 1.54) is 6.07 Å². The van der Waals surface area contributed by atoms with Crippen LogP contribution in [-0.4, -0.2) is 28.5 Å². The van der Waals surface area contributed by atoms with Crippen LogP contribution in [0.25, 0.3) is 0 Å². The molecule has 1 amide bonds. The van der Waals surface area contributed by atoms with Crippen LogP contribution in [0, 0.1) is 0 Å². The van der Waals surface area contributed by atoms with Crippen LogP contribution in [0.5, 0.6) is 5.75 Å². The highest BCUT2D eigenvalue weighted by molar-refractivity contribution is 7.79. The van der Waals surface area contributed by atoms with Crippen LogP contribution in [0.4, 0.5) is 0 Å². The molecule has 0 saturated carbocycles. The third-order valence-electron chi connectivity index (χ3n) is 2.69. The number of hydrazine groups is 1. The maximum Gasteiger partial charge on any atom is 0.394 e. The Hall–Kier alpha value is -2.46. The molecule has 0 aliphatic carbocycles. The number of amides is 1. The van der Waals surface area contributed by atoms with Crippen LogP contribution in [0.2, 0.25) is 0 Å². The molecule has 0 heterocycles. The summed E-state index contributed by atoms with van der Waals surface area (Å²) in [4.78, 5) is 11.4. The van der Waals surface area contributed by atoms with Gasteiger partial charge in [0.2, 0.25) is 0 Å². The van der Waals surface area contributed by atoms with Gasteiger partial charge in [0.05, 0.1) is 5.56 Å². The Kier molecular flexibility index (Phi) is 6.66. The summed E-state index contributed by atoms with van der Waals surface area (Å²) in [5, 5.41) is 9.59. The van der Waals surface area contributed by atoms with Crippen molar-refractivity contribution in [3.8, 4) is 5.75 Å². The monoisotopic (exact) mass is 340 g/mol. The molecule has 9 heteroatoms. The van der Waals surface area contributed by atoms with E-state index in [2.05, 4.69) is 0 Å². The van der Waals surface area contributed by atoms with E-state index in [4.69, 9.17) is 23.4 Å². The number of phenols is 1. The second-order valence-electron chi connectivity index (χ2n) is 4.44. The predicted molar refractivity (Wildman–Crippen MR) is 83.2 cm³/mol. The van der Waals surface area contributed by atoms with Crippen molar-refractivity contribution in [1.82, 2.24) is 5.43 Å². The first-order chi connectivity index (χ1) is 10.7. The molecule has 0 unspecified atom stereocenters. The van der Waals surface area contributed by atoms with Gasteiger partial charge in [-0.15, -0.1) is 0 Å². The first kappa shape index (κ1) is 18.6. The van der Waals surface area contributed by atoms with Crippen molar-refractivity contribution >= 4 is 16.3 Å². The highest BCUT2D eigenvalue weighted by atomic mass is 32.3. The number of hydrogen-bond donors (Lipinski definition) is 5. The molecule has 2 aromatic rings. The molecule has 6 N–H and O–H groups in total. The summed E-state index contributed by atoms with van der Waals surface area (Å²) in [6, 6.07) is 14.8. The van der Waals surface area contributed by atoms with Gasteiger partial charge in [-0.25, -0.2) is 5.84 Å². The number of hydrogen-bond acceptors (Lipinski definition) is 5. The fourth-order valence-electron chi connectivity index (χ4n) is 1.78. The summed E-state index contributed by atoms with van der Waals surface area (Å²) in [5.74, 6) is 4.49. The fraction of sp³-hybridized carbons (Fsp3) is 0.0714. The molecule has 0 bridgehead atoms. The Balaban J connectivity index is 0.000000463. The lowest BCUT2D eigenvalue weighted by Gasteiger charge is -2.07. The highest BCUT2D eigenvalue weighted by Crippen LogP contribution is 2.20. The number of nitrogens with two attached hydrogens (primary N) is 1. The summed E-state index contributed by atoms with van der Waals surface area (Å²) in [6.45, 7) is 0. The molecular formula is C14H16N2O6S. The highest BCUT2D eigenvalue weighted by Gasteiger charge is 2.10. The van der Waals surface area contributed by atoms with Gasteiger partial charge in [0, 0.05) is 0 Å². The Bertz CT molecular complexity index is 754. The molecule has 0 aliphatic heterocycles. The number of nitrogens with one attached hydrogen (secondary N) is 1. The lowest BCUT2D eigenvalue weighted by Crippen LogP contribution is -2.30. The predicted octanol–water partition coefficient (Wildman–Crippen LogP) is 0.934. The topological polar surface area (TPSA) is 150 Å². The van der Waals surface area contributed by atoms with Crippen LogP contribution in [-0.2, 0) is 16.8 Å². The molecule has 0 aliphatic rings. The van der Waals surface area contributed by atoms with Gasteiger partial charge in [0.1, 0.15) is 5.75 Å². The number of benzene rings is 2. The molecule has 2 aromatic carbocycles. The molecule has 0 fully saturated rings. The standard InChI is InChI=1S/C14H14N2O2.H2O4S/c15-16-14(18)12-9-11(6-7-13(12)17)8-10-4-2-1-3-5-10;1-5(2,3)4/h1-7,9,17H,8,15H2,(H,16,18);(H2,1,2,3,4). The average molecular weight is 340 g/mol. The van der Waals surface area contributed by atoms with Crippen molar-refractivity contribution in [2.45, 2.75) is 6.42 Å². The zero-order chi connectivity index (χ0) is 17.5. The Morgan fingerprint density at radius 2 is 1.61 bits per heavy atom. The minimum absolute atomic E-state index is 0.0743. The maximum absolute atomic E-state index is 11.4. The zero-order valence-electron chi connectivity index (χ0n) is 11.9. The second-order valence-corrected chi connectivity index (χ2v) is 5.33. The minimum Gasteiger partial charge on any atom is -0.507 e. The molecule has 124 valence electrons. The van der Waals surface area contributed by atoms with Gasteiger partial charge in [-0.05, 0) is 29.7 Å². The molecule has 8 nitrogen and oxygen atoms in total. The SMILES string of the molecule is NNC(=O)c1cc(Cc2ccccc2)ccc1O.O=S(=O)(O)O. The summed E-state index contributed by atoms with van der Waals surface area (Å²) in [7, 11) is -4.67. The van der Waals surface area contributed by atoms with Crippen molar-refractivity contribution < 1.29 is 27.4 Å². The van der Waals surface area contributed by atoms with Gasteiger partial charge in [-0.1, -0.05) is 36.4 Å². The lowest BCUT2D eigenvalue weighted by molar-refractivity contribution is 0.0951. The van der Waals surface area contributed by atoms with Gasteiger partial charge in [-0.2, -0.15) is 8.42 Å². The summed E-state index contributed by atoms with van der Waals surface area (Å²) >= 11 is 0. The minimum atomic E-state index is -4.67. The molecule has 0 atom stereocenters. The van der Waals surface area contributed by atoms with Crippen molar-refractivity contribution in [1.29, 1.82) is 0 Å². The molecule has 0 spiro atoms. The van der Waals surface area contributed by atoms with Gasteiger partial charge in [0.15, 0.2) is 0 Å². The van der Waals surface area contributed by atoms with E-state index < -0.39 is 16.3 Å². The smallest absolute Gasteiger partial charge is 0.394 e. The van der Waals surface area contributed by atoms with E-state index in [1.807, 2.05) is 35.8 Å². The van der Waals surface area contributed by atoms with Crippen molar-refractivity contribution in [3.05, 3.63) is 65.2 Å². The Labute approximate surface area is 133 Å². The largest absolute Gasteiger partial charge is 0.507 e. The fourth-order valence-corrected chi connectivity index (χ4v) is 1.78. The van der Waals surface area contributed by atoms with E-state index in [9.17, 15) is 9.90 Å². The van der Waals surface area contributed by atoms with E-state index in [0.29, 0.717) is 6.42 Å². The van der Waals surface area contributed by atoms with E-state index in [0.717, 1.165) is 11.1 Å². The number of phenolic OH excluding ortho intramolecular Hbond substituents is 1. The molecule has 2 rings (SSSR count). The summed E-state index contributed by atoms with van der Waals surface area (Å²) < 4.78 is 31.6.